The van der Waals surface area contributed by atoms with E-state index in [-0.39, 0.29) is 13.2 Å². The Morgan fingerprint density at radius 1 is 1.36 bits per heavy atom. The van der Waals surface area contributed by atoms with Crippen LogP contribution < -0.4 is 0 Å². The first kappa shape index (κ1) is 11.8. The molecule has 1 unspecified atom stereocenters. The van der Waals surface area contributed by atoms with Gasteiger partial charge in [-0.1, -0.05) is 0 Å². The van der Waals surface area contributed by atoms with Crippen LogP contribution in [0, 0.1) is 0 Å². The summed E-state index contributed by atoms with van der Waals surface area (Å²) in [6, 6.07) is 0. The highest BCUT2D eigenvalue weighted by atomic mass is 16.7. The van der Waals surface area contributed by atoms with Gasteiger partial charge in [0.2, 0.25) is 0 Å². The van der Waals surface area contributed by atoms with E-state index in [1.807, 2.05) is 0 Å². The van der Waals surface area contributed by atoms with Crippen LogP contribution in [0.4, 0.5) is 0 Å². The standard InChI is InChI=1S/C8H16O6/c1-4(9)2-13-8-7(12)6(11)5(10)3-14-8/h4-12H,2-3H2,1H3/t4?,5-,6+,7+,8+/m1/s1. The van der Waals surface area contributed by atoms with Crippen LogP contribution in [0.15, 0.2) is 0 Å². The third kappa shape index (κ3) is 2.88. The summed E-state index contributed by atoms with van der Waals surface area (Å²) in [7, 11) is 0. The second-order valence-corrected chi connectivity index (χ2v) is 3.43. The molecule has 84 valence electrons. The predicted molar refractivity (Wildman–Crippen MR) is 45.4 cm³/mol. The molecule has 0 saturated carbocycles. The van der Waals surface area contributed by atoms with Crippen molar-refractivity contribution in [2.45, 2.75) is 37.6 Å². The fourth-order valence-electron chi connectivity index (χ4n) is 1.16. The van der Waals surface area contributed by atoms with Crippen molar-refractivity contribution in [3.8, 4) is 0 Å². The van der Waals surface area contributed by atoms with Gasteiger partial charge in [0, 0.05) is 0 Å². The van der Waals surface area contributed by atoms with Crippen LogP contribution in [0.5, 0.6) is 0 Å². The second-order valence-electron chi connectivity index (χ2n) is 3.43. The zero-order valence-corrected chi connectivity index (χ0v) is 7.91. The first-order chi connectivity index (χ1) is 6.52. The molecule has 1 saturated heterocycles. The van der Waals surface area contributed by atoms with Crippen molar-refractivity contribution < 1.29 is 29.9 Å². The molecule has 1 rings (SSSR count). The molecule has 0 aromatic carbocycles. The van der Waals surface area contributed by atoms with E-state index in [4.69, 9.17) is 19.7 Å². The molecule has 1 aliphatic rings. The molecule has 1 aliphatic heterocycles. The SMILES string of the molecule is CC(O)CO[C@H]1OC[C@@H](O)[C@H](O)[C@@H]1O. The van der Waals surface area contributed by atoms with Crippen LogP contribution >= 0.6 is 0 Å². The summed E-state index contributed by atoms with van der Waals surface area (Å²) >= 11 is 0. The third-order valence-electron chi connectivity index (χ3n) is 1.96. The lowest BCUT2D eigenvalue weighted by molar-refractivity contribution is -0.273. The Bertz CT molecular complexity index is 173. The minimum Gasteiger partial charge on any atom is -0.391 e. The summed E-state index contributed by atoms with van der Waals surface area (Å²) in [4.78, 5) is 0. The highest BCUT2D eigenvalue weighted by molar-refractivity contribution is 4.82. The zero-order chi connectivity index (χ0) is 10.7. The molecule has 0 aromatic rings. The van der Waals surface area contributed by atoms with E-state index in [9.17, 15) is 10.2 Å². The summed E-state index contributed by atoms with van der Waals surface area (Å²) in [5.41, 5.74) is 0. The Morgan fingerprint density at radius 3 is 2.57 bits per heavy atom. The van der Waals surface area contributed by atoms with E-state index in [2.05, 4.69) is 0 Å². The van der Waals surface area contributed by atoms with E-state index in [0.717, 1.165) is 0 Å². The molecule has 0 aliphatic carbocycles. The number of aliphatic hydroxyl groups is 4. The maximum Gasteiger partial charge on any atom is 0.186 e. The number of ether oxygens (including phenoxy) is 2. The lowest BCUT2D eigenvalue weighted by Crippen LogP contribution is -2.54. The van der Waals surface area contributed by atoms with Crippen molar-refractivity contribution in [1.29, 1.82) is 0 Å². The Hall–Kier alpha value is -0.240. The molecule has 0 amide bonds. The summed E-state index contributed by atoms with van der Waals surface area (Å²) in [6.07, 6.45) is -5.34. The quantitative estimate of drug-likeness (QED) is 0.421. The normalized spacial score (nSPS) is 40.9. The van der Waals surface area contributed by atoms with Crippen molar-refractivity contribution in [1.82, 2.24) is 0 Å². The first-order valence-electron chi connectivity index (χ1n) is 4.48. The Morgan fingerprint density at radius 2 is 2.00 bits per heavy atom. The topological polar surface area (TPSA) is 99.4 Å². The lowest BCUT2D eigenvalue weighted by atomic mass is 10.1. The molecule has 0 spiro atoms. The number of hydrogen-bond acceptors (Lipinski definition) is 6. The molecule has 5 atom stereocenters. The van der Waals surface area contributed by atoms with Gasteiger partial charge >= 0.3 is 0 Å². The van der Waals surface area contributed by atoms with Crippen molar-refractivity contribution in [3.63, 3.8) is 0 Å². The van der Waals surface area contributed by atoms with Gasteiger partial charge in [0.05, 0.1) is 19.3 Å². The first-order valence-corrected chi connectivity index (χ1v) is 4.48. The number of aliphatic hydroxyl groups excluding tert-OH is 4. The van der Waals surface area contributed by atoms with Gasteiger partial charge in [0.1, 0.15) is 18.3 Å². The summed E-state index contributed by atoms with van der Waals surface area (Å²) in [6.45, 7) is 1.44. The van der Waals surface area contributed by atoms with Gasteiger partial charge in [-0.25, -0.2) is 0 Å². The van der Waals surface area contributed by atoms with E-state index >= 15 is 0 Å². The average Bonchev–Trinajstić information content (AvgIpc) is 2.13. The van der Waals surface area contributed by atoms with Gasteiger partial charge in [-0.2, -0.15) is 0 Å². The average molecular weight is 208 g/mol. The summed E-state index contributed by atoms with van der Waals surface area (Å²) in [5.74, 6) is 0. The van der Waals surface area contributed by atoms with Crippen molar-refractivity contribution in [2.75, 3.05) is 13.2 Å². The molecule has 1 fully saturated rings. The summed E-state index contributed by atoms with van der Waals surface area (Å²) < 4.78 is 9.91. The molecule has 14 heavy (non-hydrogen) atoms. The number of hydrogen-bond donors (Lipinski definition) is 4. The van der Waals surface area contributed by atoms with E-state index in [1.165, 1.54) is 6.92 Å². The van der Waals surface area contributed by atoms with Gasteiger partial charge in [-0.3, -0.25) is 0 Å². The van der Waals surface area contributed by atoms with Gasteiger partial charge < -0.3 is 29.9 Å². The second kappa shape index (κ2) is 5.01. The molecule has 4 N–H and O–H groups in total. The molecule has 6 nitrogen and oxygen atoms in total. The van der Waals surface area contributed by atoms with Crippen molar-refractivity contribution in [3.05, 3.63) is 0 Å². The van der Waals surface area contributed by atoms with Crippen molar-refractivity contribution in [2.24, 2.45) is 0 Å². The molecule has 1 heterocycles. The Balaban J connectivity index is 2.39. The van der Waals surface area contributed by atoms with Crippen LogP contribution in [0.2, 0.25) is 0 Å². The van der Waals surface area contributed by atoms with E-state index in [0.29, 0.717) is 0 Å². The van der Waals surface area contributed by atoms with Crippen molar-refractivity contribution >= 4 is 0 Å². The highest BCUT2D eigenvalue weighted by Gasteiger charge is 2.38. The molecular weight excluding hydrogens is 192 g/mol. The van der Waals surface area contributed by atoms with Gasteiger partial charge in [-0.15, -0.1) is 0 Å². The monoisotopic (exact) mass is 208 g/mol. The highest BCUT2D eigenvalue weighted by Crippen LogP contribution is 2.16. The fourth-order valence-corrected chi connectivity index (χ4v) is 1.16. The molecule has 6 heteroatoms. The Kier molecular flexibility index (Phi) is 4.24. The third-order valence-corrected chi connectivity index (χ3v) is 1.96. The van der Waals surface area contributed by atoms with Gasteiger partial charge in [0.25, 0.3) is 0 Å². The van der Waals surface area contributed by atoms with E-state index < -0.39 is 30.7 Å². The maximum absolute atomic E-state index is 9.38. The lowest BCUT2D eigenvalue weighted by Gasteiger charge is -2.35. The van der Waals surface area contributed by atoms with Crippen LogP contribution in [0.25, 0.3) is 0 Å². The fraction of sp³-hybridized carbons (Fsp3) is 1.00. The van der Waals surface area contributed by atoms with Gasteiger partial charge in [0.15, 0.2) is 6.29 Å². The molecule has 0 bridgehead atoms. The van der Waals surface area contributed by atoms with Crippen LogP contribution in [-0.2, 0) is 9.47 Å². The minimum atomic E-state index is -1.29. The van der Waals surface area contributed by atoms with Crippen LogP contribution in [-0.4, -0.2) is 64.3 Å². The maximum atomic E-state index is 9.38. The molecule has 0 aromatic heterocycles. The largest absolute Gasteiger partial charge is 0.391 e. The van der Waals surface area contributed by atoms with Gasteiger partial charge in [-0.05, 0) is 6.92 Å². The summed E-state index contributed by atoms with van der Waals surface area (Å²) in [5, 5.41) is 36.7. The van der Waals surface area contributed by atoms with Crippen LogP contribution in [0.3, 0.4) is 0 Å². The number of rotatable bonds is 3. The zero-order valence-electron chi connectivity index (χ0n) is 7.91. The van der Waals surface area contributed by atoms with Crippen LogP contribution in [0.1, 0.15) is 6.92 Å². The van der Waals surface area contributed by atoms with E-state index in [1.54, 1.807) is 0 Å². The Labute approximate surface area is 81.7 Å². The molecular formula is C8H16O6. The predicted octanol–water partition coefficient (Wildman–Crippen LogP) is -2.18. The molecule has 0 radical (unpaired) electrons. The smallest absolute Gasteiger partial charge is 0.186 e. The minimum absolute atomic E-state index is 0.00451.